The van der Waals surface area contributed by atoms with E-state index in [0.29, 0.717) is 24.3 Å². The van der Waals surface area contributed by atoms with Crippen LogP contribution in [0.3, 0.4) is 0 Å². The van der Waals surface area contributed by atoms with Crippen molar-refractivity contribution in [1.29, 1.82) is 0 Å². The van der Waals surface area contributed by atoms with Crippen molar-refractivity contribution in [2.45, 2.75) is 76.3 Å². The highest BCUT2D eigenvalue weighted by Crippen LogP contribution is 2.39. The first-order valence-corrected chi connectivity index (χ1v) is 11.4. The average molecular weight is 417 g/mol. The molecule has 9 nitrogen and oxygen atoms in total. The van der Waals surface area contributed by atoms with Gasteiger partial charge in [-0.25, -0.2) is 20.2 Å². The minimum Gasteiger partial charge on any atom is -0.441 e. The van der Waals surface area contributed by atoms with Gasteiger partial charge in [0.05, 0.1) is 23.9 Å². The lowest BCUT2D eigenvalue weighted by Crippen LogP contribution is -2.38. The second-order valence-electron chi connectivity index (χ2n) is 8.97. The van der Waals surface area contributed by atoms with E-state index in [0.717, 1.165) is 50.3 Å². The van der Waals surface area contributed by atoms with Crippen LogP contribution in [0.1, 0.15) is 63.0 Å². The zero-order chi connectivity index (χ0) is 20.5. The van der Waals surface area contributed by atoms with E-state index < -0.39 is 6.09 Å². The van der Waals surface area contributed by atoms with Crippen LogP contribution >= 0.6 is 0 Å². The van der Waals surface area contributed by atoms with Crippen molar-refractivity contribution in [3.05, 3.63) is 17.6 Å². The van der Waals surface area contributed by atoms with Crippen LogP contribution in [-0.2, 0) is 16.1 Å². The second kappa shape index (κ2) is 8.64. The highest BCUT2D eigenvalue weighted by molar-refractivity contribution is 5.67. The summed E-state index contributed by atoms with van der Waals surface area (Å²) in [5.74, 6) is 1.90. The van der Waals surface area contributed by atoms with Gasteiger partial charge < -0.3 is 19.7 Å². The van der Waals surface area contributed by atoms with E-state index in [-0.39, 0.29) is 24.9 Å². The lowest BCUT2D eigenvalue weighted by atomic mass is 9.79. The number of carbonyl (C=O) groups is 1. The van der Waals surface area contributed by atoms with Crippen molar-refractivity contribution in [1.82, 2.24) is 26.1 Å². The van der Waals surface area contributed by atoms with E-state index in [1.807, 2.05) is 0 Å². The molecule has 1 aromatic heterocycles. The van der Waals surface area contributed by atoms with Gasteiger partial charge in [0.15, 0.2) is 12.4 Å². The maximum atomic E-state index is 12.1. The summed E-state index contributed by atoms with van der Waals surface area (Å²) in [6.07, 6.45) is 6.16. The smallest absolute Gasteiger partial charge is 0.407 e. The molecule has 3 fully saturated rings. The fraction of sp³-hybridized carbons (Fsp3) is 0.762. The van der Waals surface area contributed by atoms with Crippen LogP contribution in [0, 0.1) is 5.92 Å². The van der Waals surface area contributed by atoms with Crippen LogP contribution in [-0.4, -0.2) is 53.9 Å². The Hall–Kier alpha value is -1.97. The summed E-state index contributed by atoms with van der Waals surface area (Å²) in [4.78, 5) is 23.9. The number of fused-ring (bicyclic) bond motifs is 4. The molecular formula is C21H32N6O3. The molecule has 4 aliphatic rings. The van der Waals surface area contributed by atoms with E-state index >= 15 is 0 Å². The number of carbonyl (C=O) groups excluding carboxylic acids is 1. The Morgan fingerprint density at radius 3 is 2.87 bits per heavy atom. The molecule has 1 saturated carbocycles. The molecule has 1 aromatic rings. The van der Waals surface area contributed by atoms with Gasteiger partial charge in [-0.1, -0.05) is 0 Å². The first-order chi connectivity index (χ1) is 14.7. The quantitative estimate of drug-likeness (QED) is 0.637. The molecule has 4 bridgehead atoms. The molecule has 5 atom stereocenters. The Labute approximate surface area is 177 Å². The third-order valence-electron chi connectivity index (χ3n) is 6.81. The minimum absolute atomic E-state index is 0.0729. The number of ether oxygens (including phenoxy) is 2. The topological polar surface area (TPSA) is 101 Å². The monoisotopic (exact) mass is 416 g/mol. The van der Waals surface area contributed by atoms with Crippen molar-refractivity contribution in [2.75, 3.05) is 24.5 Å². The fourth-order valence-corrected chi connectivity index (χ4v) is 5.22. The number of cyclic esters (lactones) is 1. The normalized spacial score (nSPS) is 34.6. The number of amides is 1. The van der Waals surface area contributed by atoms with Gasteiger partial charge in [0.25, 0.3) is 0 Å². The van der Waals surface area contributed by atoms with Crippen molar-refractivity contribution >= 4 is 11.9 Å². The molecular weight excluding hydrogens is 384 g/mol. The number of rotatable bonds is 1. The van der Waals surface area contributed by atoms with Gasteiger partial charge in [0.2, 0.25) is 0 Å². The van der Waals surface area contributed by atoms with E-state index in [9.17, 15) is 4.79 Å². The van der Waals surface area contributed by atoms with Gasteiger partial charge in [-0.2, -0.15) is 0 Å². The summed E-state index contributed by atoms with van der Waals surface area (Å²) < 4.78 is 11.7. The number of hydrazine groups is 1. The van der Waals surface area contributed by atoms with Crippen LogP contribution in [0.5, 0.6) is 0 Å². The van der Waals surface area contributed by atoms with Gasteiger partial charge in [0, 0.05) is 37.7 Å². The molecule has 164 valence electrons. The minimum atomic E-state index is -0.437. The summed E-state index contributed by atoms with van der Waals surface area (Å²) >= 11 is 0. The van der Waals surface area contributed by atoms with Gasteiger partial charge in [-0.05, 0) is 45.4 Å². The summed E-state index contributed by atoms with van der Waals surface area (Å²) in [5.41, 5.74) is 7.95. The molecule has 30 heavy (non-hydrogen) atoms. The summed E-state index contributed by atoms with van der Waals surface area (Å²) in [6.45, 7) is 4.70. The largest absolute Gasteiger partial charge is 0.441 e. The first-order valence-electron chi connectivity index (χ1n) is 11.4. The van der Waals surface area contributed by atoms with Gasteiger partial charge >= 0.3 is 6.09 Å². The predicted molar refractivity (Wildman–Crippen MR) is 111 cm³/mol. The molecule has 9 heteroatoms. The SMILES string of the molecule is C[C@@H]1CCNC(=O)OCc2nc(cc(N3CCCC3)n2)C2NNC3CCC(CC32)O1. The Morgan fingerprint density at radius 2 is 2.00 bits per heavy atom. The van der Waals surface area contributed by atoms with Crippen LogP contribution in [0.4, 0.5) is 10.6 Å². The summed E-state index contributed by atoms with van der Waals surface area (Å²) in [7, 11) is 0. The Bertz CT molecular complexity index is 771. The third kappa shape index (κ3) is 4.24. The fourth-order valence-electron chi connectivity index (χ4n) is 5.22. The van der Waals surface area contributed by atoms with Crippen LogP contribution < -0.4 is 21.1 Å². The highest BCUT2D eigenvalue weighted by Gasteiger charge is 2.42. The van der Waals surface area contributed by atoms with E-state index in [4.69, 9.17) is 19.4 Å². The molecule has 1 aliphatic carbocycles. The molecule has 4 heterocycles. The van der Waals surface area contributed by atoms with Gasteiger partial charge in [-0.15, -0.1) is 0 Å². The number of aromatic nitrogens is 2. The Morgan fingerprint density at radius 1 is 1.13 bits per heavy atom. The third-order valence-corrected chi connectivity index (χ3v) is 6.81. The summed E-state index contributed by atoms with van der Waals surface area (Å²) in [5, 5.41) is 2.81. The molecule has 1 amide bonds. The van der Waals surface area contributed by atoms with Crippen molar-refractivity contribution in [3.63, 3.8) is 0 Å². The van der Waals surface area contributed by atoms with Crippen molar-refractivity contribution in [2.24, 2.45) is 5.92 Å². The van der Waals surface area contributed by atoms with Gasteiger partial charge in [0.1, 0.15) is 5.82 Å². The molecule has 4 unspecified atom stereocenters. The molecule has 2 saturated heterocycles. The van der Waals surface area contributed by atoms with Gasteiger partial charge in [-0.3, -0.25) is 5.43 Å². The zero-order valence-corrected chi connectivity index (χ0v) is 17.6. The maximum absolute atomic E-state index is 12.1. The lowest BCUT2D eigenvalue weighted by Gasteiger charge is -2.34. The van der Waals surface area contributed by atoms with E-state index in [2.05, 4.69) is 34.1 Å². The Balaban J connectivity index is 1.46. The van der Waals surface area contributed by atoms with Crippen LogP contribution in [0.25, 0.3) is 0 Å². The number of hydrogen-bond acceptors (Lipinski definition) is 8. The molecule has 3 N–H and O–H groups in total. The number of nitrogens with zero attached hydrogens (tertiary/aromatic N) is 3. The molecule has 0 spiro atoms. The van der Waals surface area contributed by atoms with Crippen molar-refractivity contribution in [3.8, 4) is 0 Å². The molecule has 0 radical (unpaired) electrons. The zero-order valence-electron chi connectivity index (χ0n) is 17.6. The first kappa shape index (κ1) is 20.0. The average Bonchev–Trinajstić information content (AvgIpc) is 3.41. The Kier molecular flexibility index (Phi) is 5.75. The van der Waals surface area contributed by atoms with E-state index in [1.54, 1.807) is 0 Å². The number of alkyl carbamates (subject to hydrolysis) is 1. The highest BCUT2D eigenvalue weighted by atomic mass is 16.5. The number of hydrogen-bond donors (Lipinski definition) is 3. The summed E-state index contributed by atoms with van der Waals surface area (Å²) in [6, 6.07) is 2.63. The molecule has 3 aliphatic heterocycles. The van der Waals surface area contributed by atoms with Crippen LogP contribution in [0.15, 0.2) is 6.07 Å². The lowest BCUT2D eigenvalue weighted by molar-refractivity contribution is -0.0381. The number of anilines is 1. The molecule has 5 rings (SSSR count). The number of nitrogens with one attached hydrogen (secondary N) is 3. The standard InChI is InChI=1S/C21H32N6O3/c1-13-6-7-22-21(28)29-12-18-23-17(11-19(24-18)27-8-2-3-9-27)20-15-10-14(30-13)4-5-16(15)25-26-20/h11,13-16,20,25-26H,2-10,12H2,1H3,(H,22,28)/t13-,14?,15?,16?,20?/m1/s1. The molecule has 0 aromatic carbocycles. The maximum Gasteiger partial charge on any atom is 0.407 e. The second-order valence-corrected chi connectivity index (χ2v) is 8.97. The van der Waals surface area contributed by atoms with Crippen LogP contribution in [0.2, 0.25) is 0 Å². The van der Waals surface area contributed by atoms with Crippen molar-refractivity contribution < 1.29 is 14.3 Å². The predicted octanol–water partition coefficient (Wildman–Crippen LogP) is 1.80. The van der Waals surface area contributed by atoms with E-state index in [1.165, 1.54) is 12.8 Å².